The molecule has 0 radical (unpaired) electrons. The molecule has 16 heavy (non-hydrogen) atoms. The first-order chi connectivity index (χ1) is 7.88. The fourth-order valence-corrected chi connectivity index (χ4v) is 2.87. The highest BCUT2D eigenvalue weighted by Crippen LogP contribution is 2.27. The van der Waals surface area contributed by atoms with Gasteiger partial charge in [-0.15, -0.1) is 10.2 Å². The molecule has 0 aliphatic rings. The van der Waals surface area contributed by atoms with Crippen molar-refractivity contribution in [2.24, 2.45) is 0 Å². The van der Waals surface area contributed by atoms with Gasteiger partial charge >= 0.3 is 0 Å². The molecule has 2 heterocycles. The number of rotatable bonds is 5. The molecule has 84 valence electrons. The third-order valence-corrected chi connectivity index (χ3v) is 3.90. The molecule has 0 atom stereocenters. The van der Waals surface area contributed by atoms with Crippen molar-refractivity contribution in [1.82, 2.24) is 15.2 Å². The number of hydrogen-bond donors (Lipinski definition) is 1. The summed E-state index contributed by atoms with van der Waals surface area (Å²) >= 11 is 3.27. The molecule has 0 saturated heterocycles. The maximum Gasteiger partial charge on any atom is 0.206 e. The van der Waals surface area contributed by atoms with E-state index in [9.17, 15) is 0 Å². The van der Waals surface area contributed by atoms with Gasteiger partial charge in [0.1, 0.15) is 0 Å². The van der Waals surface area contributed by atoms with Crippen molar-refractivity contribution in [2.75, 3.05) is 11.9 Å². The zero-order valence-corrected chi connectivity index (χ0v) is 10.5. The zero-order chi connectivity index (χ0) is 11.2. The SMILES string of the molecule is CCNc1nnc(SCc2cccnc2)s1. The van der Waals surface area contributed by atoms with Crippen LogP contribution in [0.3, 0.4) is 0 Å². The Morgan fingerprint density at radius 1 is 1.44 bits per heavy atom. The molecular weight excluding hydrogens is 240 g/mol. The molecule has 0 fully saturated rings. The van der Waals surface area contributed by atoms with Gasteiger partial charge in [0.2, 0.25) is 5.13 Å². The number of nitrogens with one attached hydrogen (secondary N) is 1. The van der Waals surface area contributed by atoms with Crippen molar-refractivity contribution in [1.29, 1.82) is 0 Å². The maximum atomic E-state index is 4.10. The molecule has 0 aliphatic heterocycles. The normalized spacial score (nSPS) is 10.3. The van der Waals surface area contributed by atoms with Gasteiger partial charge in [0, 0.05) is 24.7 Å². The Kier molecular flexibility index (Phi) is 4.12. The monoisotopic (exact) mass is 252 g/mol. The first-order valence-electron chi connectivity index (χ1n) is 4.97. The van der Waals surface area contributed by atoms with Crippen LogP contribution in [0, 0.1) is 0 Å². The Labute approximate surface area is 103 Å². The second kappa shape index (κ2) is 5.81. The van der Waals surface area contributed by atoms with E-state index in [4.69, 9.17) is 0 Å². The highest BCUT2D eigenvalue weighted by atomic mass is 32.2. The van der Waals surface area contributed by atoms with Gasteiger partial charge < -0.3 is 5.32 Å². The largest absolute Gasteiger partial charge is 0.360 e. The second-order valence-corrected chi connectivity index (χ2v) is 5.25. The Morgan fingerprint density at radius 3 is 3.12 bits per heavy atom. The molecule has 0 amide bonds. The average molecular weight is 252 g/mol. The highest BCUT2D eigenvalue weighted by molar-refractivity contribution is 8.00. The van der Waals surface area contributed by atoms with Crippen molar-refractivity contribution in [2.45, 2.75) is 17.0 Å². The van der Waals surface area contributed by atoms with Gasteiger partial charge in [-0.3, -0.25) is 4.98 Å². The number of hydrogen-bond acceptors (Lipinski definition) is 6. The summed E-state index contributed by atoms with van der Waals surface area (Å²) in [5.74, 6) is 0.884. The van der Waals surface area contributed by atoms with Crippen LogP contribution in [-0.2, 0) is 5.75 Å². The minimum atomic E-state index is 0.877. The topological polar surface area (TPSA) is 50.7 Å². The van der Waals surface area contributed by atoms with Gasteiger partial charge in [0.25, 0.3) is 0 Å². The molecule has 0 bridgehead atoms. The zero-order valence-electron chi connectivity index (χ0n) is 8.88. The third kappa shape index (κ3) is 3.18. The van der Waals surface area contributed by atoms with Crippen LogP contribution in [0.15, 0.2) is 28.9 Å². The predicted octanol–water partition coefficient (Wildman–Crippen LogP) is 2.66. The van der Waals surface area contributed by atoms with Crippen LogP contribution in [0.4, 0.5) is 5.13 Å². The van der Waals surface area contributed by atoms with Crippen LogP contribution >= 0.6 is 23.1 Å². The van der Waals surface area contributed by atoms with Gasteiger partial charge in [-0.25, -0.2) is 0 Å². The Morgan fingerprint density at radius 2 is 2.38 bits per heavy atom. The quantitative estimate of drug-likeness (QED) is 0.829. The van der Waals surface area contributed by atoms with E-state index in [0.717, 1.165) is 21.8 Å². The lowest BCUT2D eigenvalue weighted by atomic mass is 10.3. The van der Waals surface area contributed by atoms with Crippen LogP contribution in [0.5, 0.6) is 0 Å². The molecule has 1 N–H and O–H groups in total. The van der Waals surface area contributed by atoms with Crippen LogP contribution in [-0.4, -0.2) is 21.7 Å². The molecule has 0 spiro atoms. The summed E-state index contributed by atoms with van der Waals surface area (Å²) in [6.07, 6.45) is 3.65. The van der Waals surface area contributed by atoms with E-state index < -0.39 is 0 Å². The first kappa shape index (κ1) is 11.3. The average Bonchev–Trinajstić information content (AvgIpc) is 2.76. The van der Waals surface area contributed by atoms with Crippen LogP contribution in [0.2, 0.25) is 0 Å². The van der Waals surface area contributed by atoms with Crippen molar-refractivity contribution in [3.63, 3.8) is 0 Å². The first-order valence-corrected chi connectivity index (χ1v) is 6.77. The van der Waals surface area contributed by atoms with E-state index in [1.807, 2.05) is 19.2 Å². The molecule has 2 aromatic rings. The van der Waals surface area contributed by atoms with Gasteiger partial charge in [0.15, 0.2) is 4.34 Å². The van der Waals surface area contributed by atoms with Gasteiger partial charge in [0.05, 0.1) is 0 Å². The summed E-state index contributed by atoms with van der Waals surface area (Å²) in [6, 6.07) is 4.01. The van der Waals surface area contributed by atoms with E-state index in [2.05, 4.69) is 26.6 Å². The Balaban J connectivity index is 1.89. The van der Waals surface area contributed by atoms with Crippen molar-refractivity contribution < 1.29 is 0 Å². The van der Waals surface area contributed by atoms with Crippen molar-refractivity contribution >= 4 is 28.2 Å². The summed E-state index contributed by atoms with van der Waals surface area (Å²) in [4.78, 5) is 4.07. The summed E-state index contributed by atoms with van der Waals surface area (Å²) in [5, 5.41) is 12.2. The lowest BCUT2D eigenvalue weighted by molar-refractivity contribution is 1.00. The van der Waals surface area contributed by atoms with Crippen LogP contribution in [0.25, 0.3) is 0 Å². The number of thioether (sulfide) groups is 1. The molecule has 0 aliphatic carbocycles. The van der Waals surface area contributed by atoms with Gasteiger partial charge in [-0.2, -0.15) is 0 Å². The molecule has 2 aromatic heterocycles. The van der Waals surface area contributed by atoms with Crippen molar-refractivity contribution in [3.05, 3.63) is 30.1 Å². The van der Waals surface area contributed by atoms with Crippen LogP contribution < -0.4 is 5.32 Å². The lowest BCUT2D eigenvalue weighted by Gasteiger charge is -1.96. The highest BCUT2D eigenvalue weighted by Gasteiger charge is 2.03. The second-order valence-electron chi connectivity index (χ2n) is 3.05. The minimum Gasteiger partial charge on any atom is -0.360 e. The summed E-state index contributed by atoms with van der Waals surface area (Å²) in [7, 11) is 0. The molecule has 0 aromatic carbocycles. The van der Waals surface area contributed by atoms with Crippen molar-refractivity contribution in [3.8, 4) is 0 Å². The summed E-state index contributed by atoms with van der Waals surface area (Å²) < 4.78 is 0.986. The molecule has 2 rings (SSSR count). The molecule has 0 saturated carbocycles. The number of pyridine rings is 1. The number of nitrogens with zero attached hydrogens (tertiary/aromatic N) is 3. The summed E-state index contributed by atoms with van der Waals surface area (Å²) in [6.45, 7) is 2.92. The van der Waals surface area contributed by atoms with E-state index in [-0.39, 0.29) is 0 Å². The third-order valence-electron chi connectivity index (χ3n) is 1.82. The van der Waals surface area contributed by atoms with Gasteiger partial charge in [-0.05, 0) is 18.6 Å². The fourth-order valence-electron chi connectivity index (χ4n) is 1.12. The van der Waals surface area contributed by atoms with Crippen LogP contribution in [0.1, 0.15) is 12.5 Å². The van der Waals surface area contributed by atoms with E-state index in [1.54, 1.807) is 29.3 Å². The molecular formula is C10H12N4S2. The van der Waals surface area contributed by atoms with E-state index in [1.165, 1.54) is 5.56 Å². The molecule has 6 heteroatoms. The van der Waals surface area contributed by atoms with E-state index in [0.29, 0.717) is 0 Å². The summed E-state index contributed by atoms with van der Waals surface area (Å²) in [5.41, 5.74) is 1.20. The van der Waals surface area contributed by atoms with Gasteiger partial charge in [-0.1, -0.05) is 29.2 Å². The molecule has 4 nitrogen and oxygen atoms in total. The molecule has 0 unspecified atom stereocenters. The fraction of sp³-hybridized carbons (Fsp3) is 0.300. The van der Waals surface area contributed by atoms with E-state index >= 15 is 0 Å². The maximum absolute atomic E-state index is 4.10. The number of anilines is 1. The smallest absolute Gasteiger partial charge is 0.206 e. The Hall–Kier alpha value is -1.14. The standard InChI is InChI=1S/C10H12N4S2/c1-2-12-9-13-14-10(16-9)15-7-8-4-3-5-11-6-8/h3-6H,2,7H2,1H3,(H,12,13). The lowest BCUT2D eigenvalue weighted by Crippen LogP contribution is -1.94. The number of aromatic nitrogens is 3. The minimum absolute atomic E-state index is 0.877. The predicted molar refractivity (Wildman–Crippen MR) is 67.9 cm³/mol. The Bertz CT molecular complexity index is 429.